The van der Waals surface area contributed by atoms with Crippen LogP contribution in [0.5, 0.6) is 0 Å². The maximum atomic E-state index is 12.3. The number of thiophene rings is 1. The SMILES string of the molecule is O=C(C[C@@H]1CCCOC1)N1CC=C(c2cccs2)CC1. The summed E-state index contributed by atoms with van der Waals surface area (Å²) in [4.78, 5) is 15.6. The molecule has 0 N–H and O–H groups in total. The van der Waals surface area contributed by atoms with Crippen molar-refractivity contribution in [3.05, 3.63) is 28.5 Å². The normalized spacial score (nSPS) is 23.5. The first-order chi connectivity index (χ1) is 9.83. The van der Waals surface area contributed by atoms with Crippen molar-refractivity contribution in [1.29, 1.82) is 0 Å². The second-order valence-corrected chi connectivity index (χ2v) is 6.53. The second kappa shape index (κ2) is 6.55. The molecule has 1 fully saturated rings. The van der Waals surface area contributed by atoms with Gasteiger partial charge in [0.2, 0.25) is 5.91 Å². The highest BCUT2D eigenvalue weighted by Crippen LogP contribution is 2.27. The second-order valence-electron chi connectivity index (χ2n) is 5.58. The van der Waals surface area contributed by atoms with Crippen molar-refractivity contribution in [1.82, 2.24) is 4.90 Å². The summed E-state index contributed by atoms with van der Waals surface area (Å²) in [5.74, 6) is 0.723. The summed E-state index contributed by atoms with van der Waals surface area (Å²) >= 11 is 1.78. The lowest BCUT2D eigenvalue weighted by atomic mass is 9.97. The quantitative estimate of drug-likeness (QED) is 0.856. The van der Waals surface area contributed by atoms with Gasteiger partial charge in [-0.2, -0.15) is 0 Å². The Kier molecular flexibility index (Phi) is 4.53. The largest absolute Gasteiger partial charge is 0.381 e. The fourth-order valence-electron chi connectivity index (χ4n) is 2.93. The topological polar surface area (TPSA) is 29.5 Å². The molecule has 1 amide bonds. The highest BCUT2D eigenvalue weighted by molar-refractivity contribution is 7.11. The van der Waals surface area contributed by atoms with Crippen molar-refractivity contribution < 1.29 is 9.53 Å². The van der Waals surface area contributed by atoms with Crippen LogP contribution in [-0.4, -0.2) is 37.1 Å². The van der Waals surface area contributed by atoms with Crippen LogP contribution < -0.4 is 0 Å². The van der Waals surface area contributed by atoms with Crippen LogP contribution in [0.1, 0.15) is 30.6 Å². The molecule has 3 heterocycles. The zero-order valence-corrected chi connectivity index (χ0v) is 12.5. The molecule has 1 aromatic heterocycles. The van der Waals surface area contributed by atoms with Crippen molar-refractivity contribution in [2.24, 2.45) is 5.92 Å². The molecule has 1 aromatic rings. The number of carbonyl (C=O) groups is 1. The lowest BCUT2D eigenvalue weighted by Gasteiger charge is -2.29. The van der Waals surface area contributed by atoms with Crippen LogP contribution >= 0.6 is 11.3 Å². The minimum Gasteiger partial charge on any atom is -0.381 e. The number of nitrogens with zero attached hydrogens (tertiary/aromatic N) is 1. The summed E-state index contributed by atoms with van der Waals surface area (Å²) in [7, 11) is 0. The molecular formula is C16H21NO2S. The highest BCUT2D eigenvalue weighted by atomic mass is 32.1. The average Bonchev–Trinajstić information content (AvgIpc) is 3.03. The minimum absolute atomic E-state index is 0.293. The molecule has 0 radical (unpaired) electrons. The molecule has 3 rings (SSSR count). The van der Waals surface area contributed by atoms with E-state index in [-0.39, 0.29) is 0 Å². The predicted molar refractivity (Wildman–Crippen MR) is 81.7 cm³/mol. The Bertz CT molecular complexity index is 475. The molecular weight excluding hydrogens is 270 g/mol. The summed E-state index contributed by atoms with van der Waals surface area (Å²) in [6, 6.07) is 4.24. The third-order valence-corrected chi connectivity index (χ3v) is 5.06. The van der Waals surface area contributed by atoms with E-state index in [1.165, 1.54) is 10.5 Å². The Morgan fingerprint density at radius 1 is 1.50 bits per heavy atom. The van der Waals surface area contributed by atoms with Crippen molar-refractivity contribution in [2.45, 2.75) is 25.7 Å². The van der Waals surface area contributed by atoms with Gasteiger partial charge in [-0.15, -0.1) is 11.3 Å². The Labute approximate surface area is 124 Å². The lowest BCUT2D eigenvalue weighted by molar-refractivity contribution is -0.132. The molecule has 0 aliphatic carbocycles. The van der Waals surface area contributed by atoms with Gasteiger partial charge in [-0.1, -0.05) is 12.1 Å². The van der Waals surface area contributed by atoms with Crippen LogP contribution in [-0.2, 0) is 9.53 Å². The minimum atomic E-state index is 0.293. The van der Waals surface area contributed by atoms with Crippen LogP contribution in [0.15, 0.2) is 23.6 Å². The Morgan fingerprint density at radius 2 is 2.45 bits per heavy atom. The molecule has 1 atom stereocenters. The lowest BCUT2D eigenvalue weighted by Crippen LogP contribution is -2.36. The number of amides is 1. The van der Waals surface area contributed by atoms with Crippen LogP contribution in [0.3, 0.4) is 0 Å². The van der Waals surface area contributed by atoms with Crippen molar-refractivity contribution >= 4 is 22.8 Å². The van der Waals surface area contributed by atoms with E-state index in [0.29, 0.717) is 18.2 Å². The van der Waals surface area contributed by atoms with E-state index in [1.807, 2.05) is 4.90 Å². The number of hydrogen-bond donors (Lipinski definition) is 0. The maximum absolute atomic E-state index is 12.3. The van der Waals surface area contributed by atoms with Crippen molar-refractivity contribution in [3.63, 3.8) is 0 Å². The van der Waals surface area contributed by atoms with Gasteiger partial charge in [0.1, 0.15) is 0 Å². The number of hydrogen-bond acceptors (Lipinski definition) is 3. The van der Waals surface area contributed by atoms with E-state index >= 15 is 0 Å². The van der Waals surface area contributed by atoms with Crippen LogP contribution in [0.25, 0.3) is 5.57 Å². The van der Waals surface area contributed by atoms with Crippen molar-refractivity contribution in [2.75, 3.05) is 26.3 Å². The molecule has 4 heteroatoms. The molecule has 2 aliphatic rings. The molecule has 3 nitrogen and oxygen atoms in total. The van der Waals surface area contributed by atoms with Gasteiger partial charge in [0.05, 0.1) is 0 Å². The van der Waals surface area contributed by atoms with E-state index in [9.17, 15) is 4.79 Å². The molecule has 108 valence electrons. The highest BCUT2D eigenvalue weighted by Gasteiger charge is 2.23. The molecule has 0 bridgehead atoms. The predicted octanol–water partition coefficient (Wildman–Crippen LogP) is 3.18. The number of ether oxygens (including phenoxy) is 1. The fraction of sp³-hybridized carbons (Fsp3) is 0.562. The summed E-state index contributed by atoms with van der Waals surface area (Å²) in [6.07, 6.45) is 6.08. The average molecular weight is 291 g/mol. The van der Waals surface area contributed by atoms with Gasteiger partial charge in [0.15, 0.2) is 0 Å². The van der Waals surface area contributed by atoms with E-state index in [0.717, 1.165) is 45.6 Å². The summed E-state index contributed by atoms with van der Waals surface area (Å²) in [5.41, 5.74) is 1.39. The zero-order valence-electron chi connectivity index (χ0n) is 11.7. The standard InChI is InChI=1S/C16H21NO2S/c18-16(11-13-3-1-9-19-12-13)17-7-5-14(6-8-17)15-4-2-10-20-15/h2,4-5,10,13H,1,3,6-9,11-12H2/t13-/m0/s1. The molecule has 1 saturated heterocycles. The van der Waals surface area contributed by atoms with Gasteiger partial charge in [0, 0.05) is 37.6 Å². The number of rotatable bonds is 3. The van der Waals surface area contributed by atoms with Crippen molar-refractivity contribution in [3.8, 4) is 0 Å². The molecule has 0 unspecified atom stereocenters. The van der Waals surface area contributed by atoms with Gasteiger partial charge < -0.3 is 9.64 Å². The van der Waals surface area contributed by atoms with Gasteiger partial charge >= 0.3 is 0 Å². The summed E-state index contributed by atoms with van der Waals surface area (Å²) < 4.78 is 5.46. The first-order valence-electron chi connectivity index (χ1n) is 7.41. The van der Waals surface area contributed by atoms with Gasteiger partial charge in [-0.3, -0.25) is 4.79 Å². The fourth-order valence-corrected chi connectivity index (χ4v) is 3.72. The third-order valence-electron chi connectivity index (χ3n) is 4.12. The first-order valence-corrected chi connectivity index (χ1v) is 8.29. The molecule has 0 saturated carbocycles. The van der Waals surface area contributed by atoms with E-state index in [4.69, 9.17) is 4.74 Å². The van der Waals surface area contributed by atoms with Crippen LogP contribution in [0, 0.1) is 5.92 Å². The third kappa shape index (κ3) is 3.30. The molecule has 20 heavy (non-hydrogen) atoms. The van der Waals surface area contributed by atoms with Crippen LogP contribution in [0.2, 0.25) is 0 Å². The monoisotopic (exact) mass is 291 g/mol. The molecule has 2 aliphatic heterocycles. The Hall–Kier alpha value is -1.13. The van der Waals surface area contributed by atoms with Gasteiger partial charge in [-0.05, 0) is 42.2 Å². The molecule has 0 aromatic carbocycles. The summed E-state index contributed by atoms with van der Waals surface area (Å²) in [6.45, 7) is 3.24. The number of carbonyl (C=O) groups excluding carboxylic acids is 1. The van der Waals surface area contributed by atoms with E-state index in [1.54, 1.807) is 11.3 Å². The first kappa shape index (κ1) is 13.8. The Morgan fingerprint density at radius 3 is 3.10 bits per heavy atom. The smallest absolute Gasteiger partial charge is 0.223 e. The summed E-state index contributed by atoms with van der Waals surface area (Å²) in [5, 5.41) is 2.11. The van der Waals surface area contributed by atoms with Gasteiger partial charge in [-0.25, -0.2) is 0 Å². The van der Waals surface area contributed by atoms with Crippen LogP contribution in [0.4, 0.5) is 0 Å². The van der Waals surface area contributed by atoms with E-state index < -0.39 is 0 Å². The zero-order chi connectivity index (χ0) is 13.8. The molecule has 0 spiro atoms. The Balaban J connectivity index is 1.53. The van der Waals surface area contributed by atoms with Gasteiger partial charge in [0.25, 0.3) is 0 Å². The maximum Gasteiger partial charge on any atom is 0.223 e. The van der Waals surface area contributed by atoms with E-state index in [2.05, 4.69) is 23.6 Å².